The molecule has 1 atom stereocenters. The molecule has 0 aromatic carbocycles. The maximum absolute atomic E-state index is 6.21. The first-order valence-electron chi connectivity index (χ1n) is 5.68. The number of hydrogen-bond acceptors (Lipinski definition) is 4. The Labute approximate surface area is 111 Å². The fourth-order valence-electron chi connectivity index (χ4n) is 1.94. The highest BCUT2D eigenvalue weighted by Gasteiger charge is 2.18. The largest absolute Gasteiger partial charge is 0.271 e. The molecular weight excluding hydrogens is 250 g/mol. The third-order valence-electron chi connectivity index (χ3n) is 2.92. The van der Waals surface area contributed by atoms with Gasteiger partial charge in [-0.1, -0.05) is 17.7 Å². The highest BCUT2D eigenvalue weighted by Crippen LogP contribution is 2.24. The minimum atomic E-state index is -0.0772. The van der Waals surface area contributed by atoms with Crippen LogP contribution in [0, 0.1) is 6.92 Å². The number of hydrazine groups is 1. The lowest BCUT2D eigenvalue weighted by atomic mass is 10.0. The second kappa shape index (κ2) is 5.48. The summed E-state index contributed by atoms with van der Waals surface area (Å²) in [4.78, 5) is 4.30. The minimum absolute atomic E-state index is 0.0772. The van der Waals surface area contributed by atoms with Crippen molar-refractivity contribution in [2.24, 2.45) is 12.9 Å². The van der Waals surface area contributed by atoms with E-state index in [9.17, 15) is 0 Å². The molecule has 96 valence electrons. The summed E-state index contributed by atoms with van der Waals surface area (Å²) in [7, 11) is 1.82. The van der Waals surface area contributed by atoms with Gasteiger partial charge in [-0.2, -0.15) is 5.10 Å². The summed E-state index contributed by atoms with van der Waals surface area (Å²) in [5.41, 5.74) is 5.57. The van der Waals surface area contributed by atoms with Gasteiger partial charge in [-0.05, 0) is 25.5 Å². The van der Waals surface area contributed by atoms with Crippen molar-refractivity contribution >= 4 is 11.6 Å². The Morgan fingerprint density at radius 3 is 2.78 bits per heavy atom. The average Bonchev–Trinajstić information content (AvgIpc) is 2.62. The van der Waals surface area contributed by atoms with Gasteiger partial charge in [-0.25, -0.2) is 0 Å². The Balaban J connectivity index is 2.26. The third-order valence-corrected chi connectivity index (χ3v) is 3.40. The van der Waals surface area contributed by atoms with Crippen LogP contribution < -0.4 is 11.3 Å². The zero-order valence-corrected chi connectivity index (χ0v) is 11.1. The van der Waals surface area contributed by atoms with Gasteiger partial charge in [0.2, 0.25) is 0 Å². The highest BCUT2D eigenvalue weighted by atomic mass is 35.5. The van der Waals surface area contributed by atoms with E-state index in [1.54, 1.807) is 10.9 Å². The second-order valence-corrected chi connectivity index (χ2v) is 4.51. The smallest absolute Gasteiger partial charge is 0.130 e. The van der Waals surface area contributed by atoms with Crippen LogP contribution in [-0.4, -0.2) is 14.8 Å². The fourth-order valence-corrected chi connectivity index (χ4v) is 2.19. The third kappa shape index (κ3) is 2.53. The SMILES string of the molecule is Cc1nn(C)c(Cl)c1CC(NN)c1ccccn1. The Morgan fingerprint density at radius 1 is 1.50 bits per heavy atom. The Hall–Kier alpha value is -1.43. The lowest BCUT2D eigenvalue weighted by molar-refractivity contribution is 0.537. The molecule has 0 aliphatic rings. The van der Waals surface area contributed by atoms with E-state index >= 15 is 0 Å². The van der Waals surface area contributed by atoms with Gasteiger partial charge in [-0.15, -0.1) is 0 Å². The standard InChI is InChI=1S/C12H16ClN5/c1-8-9(12(13)18(2)17-8)7-11(16-14)10-5-3-4-6-15-10/h3-6,11,16H,7,14H2,1-2H3. The number of halogens is 1. The van der Waals surface area contributed by atoms with Gasteiger partial charge < -0.3 is 0 Å². The van der Waals surface area contributed by atoms with Gasteiger partial charge in [0.15, 0.2) is 0 Å². The molecule has 0 bridgehead atoms. The fraction of sp³-hybridized carbons (Fsp3) is 0.333. The van der Waals surface area contributed by atoms with Gasteiger partial charge >= 0.3 is 0 Å². The molecule has 18 heavy (non-hydrogen) atoms. The van der Waals surface area contributed by atoms with E-state index < -0.39 is 0 Å². The Bertz CT molecular complexity index is 523. The normalized spacial score (nSPS) is 12.7. The molecule has 0 spiro atoms. The summed E-state index contributed by atoms with van der Waals surface area (Å²) in [6.07, 6.45) is 2.41. The predicted molar refractivity (Wildman–Crippen MR) is 71.0 cm³/mol. The molecule has 3 N–H and O–H groups in total. The number of nitrogens with one attached hydrogen (secondary N) is 1. The lowest BCUT2D eigenvalue weighted by Gasteiger charge is -2.15. The number of nitrogens with zero attached hydrogens (tertiary/aromatic N) is 3. The summed E-state index contributed by atoms with van der Waals surface area (Å²) in [6.45, 7) is 1.94. The summed E-state index contributed by atoms with van der Waals surface area (Å²) < 4.78 is 1.66. The maximum Gasteiger partial charge on any atom is 0.130 e. The van der Waals surface area contributed by atoms with Crippen LogP contribution in [0.1, 0.15) is 23.0 Å². The first kappa shape index (κ1) is 13.0. The van der Waals surface area contributed by atoms with Crippen LogP contribution in [-0.2, 0) is 13.5 Å². The Morgan fingerprint density at radius 2 is 2.28 bits per heavy atom. The molecule has 0 saturated heterocycles. The first-order valence-corrected chi connectivity index (χ1v) is 6.06. The van der Waals surface area contributed by atoms with E-state index in [4.69, 9.17) is 17.4 Å². The van der Waals surface area contributed by atoms with Crippen LogP contribution in [0.2, 0.25) is 5.15 Å². The summed E-state index contributed by atoms with van der Waals surface area (Å²) >= 11 is 6.21. The lowest BCUT2D eigenvalue weighted by Crippen LogP contribution is -2.30. The van der Waals surface area contributed by atoms with Gasteiger partial charge in [0.25, 0.3) is 0 Å². The summed E-state index contributed by atoms with van der Waals surface area (Å²) in [6, 6.07) is 5.67. The van der Waals surface area contributed by atoms with E-state index in [0.29, 0.717) is 11.6 Å². The molecule has 2 aromatic rings. The van der Waals surface area contributed by atoms with E-state index in [1.807, 2.05) is 32.2 Å². The number of pyridine rings is 1. The molecular formula is C12H16ClN5. The molecule has 0 aliphatic carbocycles. The van der Waals surface area contributed by atoms with Crippen molar-refractivity contribution in [2.45, 2.75) is 19.4 Å². The summed E-state index contributed by atoms with van der Waals surface area (Å²) in [5.74, 6) is 5.60. The first-order chi connectivity index (χ1) is 8.63. The van der Waals surface area contributed by atoms with Crippen molar-refractivity contribution < 1.29 is 0 Å². The van der Waals surface area contributed by atoms with Crippen molar-refractivity contribution in [1.29, 1.82) is 0 Å². The van der Waals surface area contributed by atoms with E-state index in [2.05, 4.69) is 15.5 Å². The zero-order chi connectivity index (χ0) is 13.1. The molecule has 6 heteroatoms. The predicted octanol–water partition coefficient (Wildman–Crippen LogP) is 1.52. The van der Waals surface area contributed by atoms with Crippen molar-refractivity contribution in [3.05, 3.63) is 46.5 Å². The molecule has 2 aromatic heterocycles. The molecule has 0 saturated carbocycles. The number of aryl methyl sites for hydroxylation is 2. The number of nitrogens with two attached hydrogens (primary N) is 1. The minimum Gasteiger partial charge on any atom is -0.271 e. The van der Waals surface area contributed by atoms with Crippen molar-refractivity contribution in [2.75, 3.05) is 0 Å². The van der Waals surface area contributed by atoms with Crippen LogP contribution in [0.25, 0.3) is 0 Å². The van der Waals surface area contributed by atoms with Gasteiger partial charge in [-0.3, -0.25) is 20.9 Å². The quantitative estimate of drug-likeness (QED) is 0.650. The monoisotopic (exact) mass is 265 g/mol. The average molecular weight is 266 g/mol. The highest BCUT2D eigenvalue weighted by molar-refractivity contribution is 6.30. The van der Waals surface area contributed by atoms with Gasteiger partial charge in [0.1, 0.15) is 5.15 Å². The molecule has 0 amide bonds. The van der Waals surface area contributed by atoms with Gasteiger partial charge in [0, 0.05) is 18.8 Å². The molecule has 2 heterocycles. The molecule has 5 nitrogen and oxygen atoms in total. The van der Waals surface area contributed by atoms with Crippen LogP contribution in [0.5, 0.6) is 0 Å². The van der Waals surface area contributed by atoms with Crippen molar-refractivity contribution in [1.82, 2.24) is 20.2 Å². The van der Waals surface area contributed by atoms with Crippen molar-refractivity contribution in [3.63, 3.8) is 0 Å². The topological polar surface area (TPSA) is 68.8 Å². The van der Waals surface area contributed by atoms with E-state index in [1.165, 1.54) is 0 Å². The van der Waals surface area contributed by atoms with E-state index in [0.717, 1.165) is 17.0 Å². The molecule has 0 aliphatic heterocycles. The maximum atomic E-state index is 6.21. The van der Waals surface area contributed by atoms with Crippen LogP contribution in [0.3, 0.4) is 0 Å². The van der Waals surface area contributed by atoms with Crippen LogP contribution in [0.4, 0.5) is 0 Å². The summed E-state index contributed by atoms with van der Waals surface area (Å²) in [5, 5.41) is 4.93. The zero-order valence-electron chi connectivity index (χ0n) is 10.4. The Kier molecular flexibility index (Phi) is 3.96. The van der Waals surface area contributed by atoms with Crippen molar-refractivity contribution in [3.8, 4) is 0 Å². The number of hydrogen-bond donors (Lipinski definition) is 2. The van der Waals surface area contributed by atoms with Crippen LogP contribution in [0.15, 0.2) is 24.4 Å². The number of rotatable bonds is 4. The number of aromatic nitrogens is 3. The van der Waals surface area contributed by atoms with E-state index in [-0.39, 0.29) is 6.04 Å². The molecule has 0 radical (unpaired) electrons. The molecule has 2 rings (SSSR count). The molecule has 1 unspecified atom stereocenters. The van der Waals surface area contributed by atoms with Gasteiger partial charge in [0.05, 0.1) is 17.4 Å². The molecule has 0 fully saturated rings. The second-order valence-electron chi connectivity index (χ2n) is 4.16. The van der Waals surface area contributed by atoms with Crippen LogP contribution >= 0.6 is 11.6 Å².